The summed E-state index contributed by atoms with van der Waals surface area (Å²) in [5.74, 6) is 0.0240. The van der Waals surface area contributed by atoms with Crippen molar-refractivity contribution in [1.29, 1.82) is 0 Å². The second-order valence-electron chi connectivity index (χ2n) is 3.69. The lowest BCUT2D eigenvalue weighted by Crippen LogP contribution is -2.26. The number of carbonyl (C=O) groups excluding carboxylic acids is 1. The van der Waals surface area contributed by atoms with E-state index >= 15 is 0 Å². The standard InChI is InChI=1S/C11H15NO2/c1-14-12-8-4-6-9-5-2-3-7-10(9)11(12)13/h4,8H,2-3,5-7H2,1H3. The smallest absolute Gasteiger partial charge is 0.270 e. The monoisotopic (exact) mass is 193 g/mol. The van der Waals surface area contributed by atoms with Gasteiger partial charge in [0.05, 0.1) is 7.11 Å². The van der Waals surface area contributed by atoms with Crippen LogP contribution in [0.25, 0.3) is 0 Å². The first kappa shape index (κ1) is 9.46. The molecule has 14 heavy (non-hydrogen) atoms. The lowest BCUT2D eigenvalue weighted by molar-refractivity contribution is -0.157. The highest BCUT2D eigenvalue weighted by Crippen LogP contribution is 2.30. The Kier molecular flexibility index (Phi) is 2.68. The Bertz CT molecular complexity index is 304. The Morgan fingerprint density at radius 3 is 2.93 bits per heavy atom. The molecule has 0 radical (unpaired) electrons. The van der Waals surface area contributed by atoms with Crippen molar-refractivity contribution < 1.29 is 9.63 Å². The molecule has 1 heterocycles. The van der Waals surface area contributed by atoms with Crippen molar-refractivity contribution in [1.82, 2.24) is 5.06 Å². The number of rotatable bonds is 1. The van der Waals surface area contributed by atoms with E-state index in [-0.39, 0.29) is 5.91 Å². The minimum absolute atomic E-state index is 0.0240. The summed E-state index contributed by atoms with van der Waals surface area (Å²) in [5.41, 5.74) is 2.28. The summed E-state index contributed by atoms with van der Waals surface area (Å²) in [7, 11) is 1.52. The van der Waals surface area contributed by atoms with E-state index in [1.165, 1.54) is 24.2 Å². The molecule has 0 unspecified atom stereocenters. The highest BCUT2D eigenvalue weighted by atomic mass is 16.7. The average Bonchev–Trinajstić information content (AvgIpc) is 2.39. The van der Waals surface area contributed by atoms with Gasteiger partial charge in [-0.25, -0.2) is 0 Å². The maximum Gasteiger partial charge on any atom is 0.277 e. The summed E-state index contributed by atoms with van der Waals surface area (Å²) in [4.78, 5) is 16.9. The third-order valence-electron chi connectivity index (χ3n) is 2.84. The first-order chi connectivity index (χ1) is 6.83. The maximum atomic E-state index is 11.9. The van der Waals surface area contributed by atoms with Gasteiger partial charge in [0.25, 0.3) is 5.91 Å². The number of amides is 1. The summed E-state index contributed by atoms with van der Waals surface area (Å²) >= 11 is 0. The van der Waals surface area contributed by atoms with Gasteiger partial charge in [-0.05, 0) is 32.1 Å². The van der Waals surface area contributed by atoms with E-state index in [4.69, 9.17) is 4.84 Å². The second kappa shape index (κ2) is 3.96. The van der Waals surface area contributed by atoms with E-state index in [2.05, 4.69) is 0 Å². The molecule has 0 N–H and O–H groups in total. The van der Waals surface area contributed by atoms with E-state index in [9.17, 15) is 4.79 Å². The molecule has 0 saturated carbocycles. The first-order valence-electron chi connectivity index (χ1n) is 5.08. The summed E-state index contributed by atoms with van der Waals surface area (Å²) in [6.45, 7) is 0. The molecule has 0 aromatic carbocycles. The molecular weight excluding hydrogens is 178 g/mol. The van der Waals surface area contributed by atoms with Crippen molar-refractivity contribution in [3.63, 3.8) is 0 Å². The fourth-order valence-corrected chi connectivity index (χ4v) is 2.09. The lowest BCUT2D eigenvalue weighted by atomic mass is 9.90. The fraction of sp³-hybridized carbons (Fsp3) is 0.545. The topological polar surface area (TPSA) is 29.5 Å². The van der Waals surface area contributed by atoms with E-state index < -0.39 is 0 Å². The molecule has 0 fully saturated rings. The van der Waals surface area contributed by atoms with Crippen LogP contribution in [0.1, 0.15) is 32.1 Å². The molecule has 1 amide bonds. The van der Waals surface area contributed by atoms with Gasteiger partial charge in [-0.2, -0.15) is 5.06 Å². The first-order valence-corrected chi connectivity index (χ1v) is 5.08. The summed E-state index contributed by atoms with van der Waals surface area (Å²) in [5, 5.41) is 1.33. The molecule has 3 nitrogen and oxygen atoms in total. The Morgan fingerprint density at radius 2 is 2.14 bits per heavy atom. The molecule has 3 heteroatoms. The number of hydrogen-bond acceptors (Lipinski definition) is 2. The van der Waals surface area contributed by atoms with Crippen molar-refractivity contribution in [2.24, 2.45) is 0 Å². The Morgan fingerprint density at radius 1 is 1.36 bits per heavy atom. The number of carbonyl (C=O) groups is 1. The quantitative estimate of drug-likeness (QED) is 0.638. The fourth-order valence-electron chi connectivity index (χ4n) is 2.09. The van der Waals surface area contributed by atoms with Crippen LogP contribution in [-0.4, -0.2) is 18.1 Å². The Hall–Kier alpha value is -1.09. The van der Waals surface area contributed by atoms with Crippen LogP contribution in [-0.2, 0) is 9.63 Å². The van der Waals surface area contributed by atoms with Crippen LogP contribution in [0.2, 0.25) is 0 Å². The molecule has 1 aliphatic carbocycles. The van der Waals surface area contributed by atoms with E-state index in [0.717, 1.165) is 31.3 Å². The molecule has 0 atom stereocenters. The van der Waals surface area contributed by atoms with Gasteiger partial charge in [0, 0.05) is 11.8 Å². The number of nitrogens with zero attached hydrogens (tertiary/aromatic N) is 1. The predicted molar refractivity (Wildman–Crippen MR) is 53.1 cm³/mol. The molecule has 0 saturated heterocycles. The molecule has 1 aliphatic heterocycles. The molecule has 0 aromatic heterocycles. The Labute approximate surface area is 84.0 Å². The normalized spacial score (nSPS) is 22.4. The van der Waals surface area contributed by atoms with Crippen molar-refractivity contribution in [3.05, 3.63) is 23.4 Å². The van der Waals surface area contributed by atoms with Crippen LogP contribution in [0.5, 0.6) is 0 Å². The number of hydroxylamine groups is 2. The van der Waals surface area contributed by atoms with Crippen LogP contribution in [0.3, 0.4) is 0 Å². The van der Waals surface area contributed by atoms with Gasteiger partial charge in [0.1, 0.15) is 0 Å². The highest BCUT2D eigenvalue weighted by Gasteiger charge is 2.24. The van der Waals surface area contributed by atoms with Gasteiger partial charge < -0.3 is 0 Å². The second-order valence-corrected chi connectivity index (χ2v) is 3.69. The number of hydrogen-bond donors (Lipinski definition) is 0. The summed E-state index contributed by atoms with van der Waals surface area (Å²) in [6, 6.07) is 0. The largest absolute Gasteiger partial charge is 0.277 e. The molecule has 76 valence electrons. The minimum atomic E-state index is 0.0240. The van der Waals surface area contributed by atoms with E-state index in [0.29, 0.717) is 0 Å². The average molecular weight is 193 g/mol. The Balaban J connectivity index is 2.30. The van der Waals surface area contributed by atoms with Crippen LogP contribution >= 0.6 is 0 Å². The molecule has 2 aliphatic rings. The van der Waals surface area contributed by atoms with E-state index in [1.54, 1.807) is 6.20 Å². The van der Waals surface area contributed by atoms with Gasteiger partial charge >= 0.3 is 0 Å². The zero-order valence-corrected chi connectivity index (χ0v) is 8.45. The zero-order chi connectivity index (χ0) is 9.97. The van der Waals surface area contributed by atoms with Crippen LogP contribution < -0.4 is 0 Å². The highest BCUT2D eigenvalue weighted by molar-refractivity contribution is 5.94. The third-order valence-corrected chi connectivity index (χ3v) is 2.84. The van der Waals surface area contributed by atoms with E-state index in [1.807, 2.05) is 6.08 Å². The van der Waals surface area contributed by atoms with Crippen molar-refractivity contribution >= 4 is 5.91 Å². The SMILES string of the molecule is CON1C=CCC2=C(CCCC2)C1=O. The molecule has 0 aromatic rings. The predicted octanol–water partition coefficient (Wildman–Crippen LogP) is 2.16. The molecule has 2 rings (SSSR count). The molecular formula is C11H15NO2. The molecule has 0 bridgehead atoms. The van der Waals surface area contributed by atoms with Crippen molar-refractivity contribution in [3.8, 4) is 0 Å². The summed E-state index contributed by atoms with van der Waals surface area (Å²) in [6.07, 6.45) is 8.95. The van der Waals surface area contributed by atoms with Crippen molar-refractivity contribution in [2.45, 2.75) is 32.1 Å². The van der Waals surface area contributed by atoms with Crippen LogP contribution in [0.4, 0.5) is 0 Å². The summed E-state index contributed by atoms with van der Waals surface area (Å²) < 4.78 is 0. The number of allylic oxidation sites excluding steroid dienone is 2. The maximum absolute atomic E-state index is 11.9. The van der Waals surface area contributed by atoms with Gasteiger partial charge in [-0.15, -0.1) is 0 Å². The van der Waals surface area contributed by atoms with Gasteiger partial charge in [0.2, 0.25) is 0 Å². The van der Waals surface area contributed by atoms with Crippen LogP contribution in [0, 0.1) is 0 Å². The van der Waals surface area contributed by atoms with Crippen LogP contribution in [0.15, 0.2) is 23.4 Å². The minimum Gasteiger partial charge on any atom is -0.270 e. The van der Waals surface area contributed by atoms with Crippen molar-refractivity contribution in [2.75, 3.05) is 7.11 Å². The third kappa shape index (κ3) is 1.60. The zero-order valence-electron chi connectivity index (χ0n) is 8.45. The lowest BCUT2D eigenvalue weighted by Gasteiger charge is -2.20. The van der Waals surface area contributed by atoms with Gasteiger partial charge in [0.15, 0.2) is 0 Å². The van der Waals surface area contributed by atoms with Gasteiger partial charge in [-0.3, -0.25) is 9.63 Å². The molecule has 0 spiro atoms. The van der Waals surface area contributed by atoms with Gasteiger partial charge in [-0.1, -0.05) is 11.6 Å².